The molecule has 10 heteroatoms. The van der Waals surface area contributed by atoms with Gasteiger partial charge in [0.15, 0.2) is 6.61 Å². The number of nitrogens with one attached hydrogen (secondary N) is 1. The number of alkyl halides is 3. The van der Waals surface area contributed by atoms with Crippen molar-refractivity contribution in [3.05, 3.63) is 90.0 Å². The minimum atomic E-state index is -4.45. The highest BCUT2D eigenvalue weighted by Gasteiger charge is 2.30. The number of nitrogens with zero attached hydrogens (tertiary/aromatic N) is 1. The van der Waals surface area contributed by atoms with E-state index in [-0.39, 0.29) is 18.8 Å². The fraction of sp³-hybridized carbons (Fsp3) is 0.174. The molecule has 3 aromatic rings. The van der Waals surface area contributed by atoms with Gasteiger partial charge in [-0.3, -0.25) is 9.10 Å². The first-order valence-corrected chi connectivity index (χ1v) is 11.6. The Bertz CT molecular complexity index is 1180. The van der Waals surface area contributed by atoms with Crippen LogP contribution in [0.1, 0.15) is 11.1 Å². The second kappa shape index (κ2) is 9.95. The second-order valence-electron chi connectivity index (χ2n) is 7.16. The summed E-state index contributed by atoms with van der Waals surface area (Å²) in [5.41, 5.74) is 0.648. The van der Waals surface area contributed by atoms with E-state index < -0.39 is 27.7 Å². The summed E-state index contributed by atoms with van der Waals surface area (Å²) in [5, 5.41) is 2.45. The first-order valence-electron chi connectivity index (χ1n) is 9.74. The number of benzene rings is 3. The number of carbonyl (C=O) groups excluding carboxylic acids is 1. The van der Waals surface area contributed by atoms with Gasteiger partial charge in [-0.1, -0.05) is 30.3 Å². The second-order valence-corrected chi connectivity index (χ2v) is 9.07. The van der Waals surface area contributed by atoms with Crippen LogP contribution in [0.3, 0.4) is 0 Å². The highest BCUT2D eigenvalue weighted by molar-refractivity contribution is 7.92. The minimum Gasteiger partial charge on any atom is -0.484 e. The third kappa shape index (κ3) is 6.98. The number of ether oxygens (including phenoxy) is 1. The average Bonchev–Trinajstić information content (AvgIpc) is 2.76. The predicted molar refractivity (Wildman–Crippen MR) is 119 cm³/mol. The fourth-order valence-electron chi connectivity index (χ4n) is 2.95. The molecule has 0 bridgehead atoms. The van der Waals surface area contributed by atoms with E-state index in [1.54, 1.807) is 12.1 Å². The van der Waals surface area contributed by atoms with Crippen molar-refractivity contribution in [2.24, 2.45) is 0 Å². The molecule has 0 saturated heterocycles. The van der Waals surface area contributed by atoms with Crippen molar-refractivity contribution >= 4 is 27.3 Å². The van der Waals surface area contributed by atoms with Gasteiger partial charge in [-0.25, -0.2) is 8.42 Å². The van der Waals surface area contributed by atoms with Crippen molar-refractivity contribution in [1.29, 1.82) is 0 Å². The lowest BCUT2D eigenvalue weighted by molar-refractivity contribution is -0.137. The van der Waals surface area contributed by atoms with Crippen LogP contribution in [-0.2, 0) is 27.5 Å². The van der Waals surface area contributed by atoms with E-state index in [0.29, 0.717) is 11.4 Å². The Labute approximate surface area is 189 Å². The molecular weight excluding hydrogens is 457 g/mol. The highest BCUT2D eigenvalue weighted by atomic mass is 32.2. The van der Waals surface area contributed by atoms with Crippen LogP contribution < -0.4 is 14.4 Å². The molecule has 0 heterocycles. The molecule has 3 aromatic carbocycles. The summed E-state index contributed by atoms with van der Waals surface area (Å²) in [6.07, 6.45) is -3.34. The third-order valence-corrected chi connectivity index (χ3v) is 5.70. The molecule has 0 aromatic heterocycles. The zero-order valence-corrected chi connectivity index (χ0v) is 18.4. The lowest BCUT2D eigenvalue weighted by Gasteiger charge is -2.22. The Morgan fingerprint density at radius 3 is 2.09 bits per heavy atom. The normalized spacial score (nSPS) is 11.6. The number of carbonyl (C=O) groups is 1. The maximum Gasteiger partial charge on any atom is 0.416 e. The maximum absolute atomic E-state index is 12.6. The van der Waals surface area contributed by atoms with E-state index in [1.807, 2.05) is 30.3 Å². The van der Waals surface area contributed by atoms with Crippen molar-refractivity contribution < 1.29 is 31.1 Å². The van der Waals surface area contributed by atoms with Crippen LogP contribution >= 0.6 is 0 Å². The SMILES string of the molecule is CS(=O)(=O)N(Cc1ccccc1)c1ccc(OCC(=O)Nc2ccc(C(F)(F)F)cc2)cc1. The summed E-state index contributed by atoms with van der Waals surface area (Å²) >= 11 is 0. The number of amides is 1. The van der Waals surface area contributed by atoms with Crippen LogP contribution in [0.15, 0.2) is 78.9 Å². The molecule has 0 saturated carbocycles. The summed E-state index contributed by atoms with van der Waals surface area (Å²) in [6, 6.07) is 19.4. The Kier molecular flexibility index (Phi) is 7.27. The van der Waals surface area contributed by atoms with Gasteiger partial charge < -0.3 is 10.1 Å². The van der Waals surface area contributed by atoms with Crippen molar-refractivity contribution in [3.8, 4) is 5.75 Å². The predicted octanol–water partition coefficient (Wildman–Crippen LogP) is 4.69. The molecule has 0 aliphatic carbocycles. The Hall–Kier alpha value is -3.53. The number of sulfonamides is 1. The van der Waals surface area contributed by atoms with E-state index in [4.69, 9.17) is 4.74 Å². The molecule has 0 spiro atoms. The summed E-state index contributed by atoms with van der Waals surface area (Å²) in [7, 11) is -3.54. The first kappa shape index (κ1) is 24.1. The quantitative estimate of drug-likeness (QED) is 0.510. The Morgan fingerprint density at radius 1 is 0.939 bits per heavy atom. The first-order chi connectivity index (χ1) is 15.5. The lowest BCUT2D eigenvalue weighted by atomic mass is 10.2. The van der Waals surface area contributed by atoms with Crippen LogP contribution in [0.5, 0.6) is 5.75 Å². The van der Waals surface area contributed by atoms with Crippen molar-refractivity contribution in [2.75, 3.05) is 22.5 Å². The molecule has 0 aliphatic heterocycles. The topological polar surface area (TPSA) is 75.7 Å². The number of hydrogen-bond acceptors (Lipinski definition) is 4. The standard InChI is InChI=1S/C23H21F3N2O4S/c1-33(30,31)28(15-17-5-3-2-4-6-17)20-11-13-21(14-12-20)32-16-22(29)27-19-9-7-18(8-10-19)23(24,25)26/h2-14H,15-16H2,1H3,(H,27,29). The van der Waals surface area contributed by atoms with E-state index >= 15 is 0 Å². The van der Waals surface area contributed by atoms with Gasteiger partial charge in [0.2, 0.25) is 10.0 Å². The largest absolute Gasteiger partial charge is 0.484 e. The summed E-state index contributed by atoms with van der Waals surface area (Å²) in [4.78, 5) is 12.0. The van der Waals surface area contributed by atoms with Gasteiger partial charge in [-0.2, -0.15) is 13.2 Å². The van der Waals surface area contributed by atoms with E-state index in [2.05, 4.69) is 5.32 Å². The van der Waals surface area contributed by atoms with Crippen molar-refractivity contribution in [3.63, 3.8) is 0 Å². The number of hydrogen-bond donors (Lipinski definition) is 1. The Morgan fingerprint density at radius 2 is 1.55 bits per heavy atom. The number of rotatable bonds is 8. The van der Waals surface area contributed by atoms with Gasteiger partial charge in [0.05, 0.1) is 24.1 Å². The van der Waals surface area contributed by atoms with Crippen molar-refractivity contribution in [1.82, 2.24) is 0 Å². The minimum absolute atomic E-state index is 0.162. The molecule has 33 heavy (non-hydrogen) atoms. The molecule has 0 atom stereocenters. The molecule has 1 N–H and O–H groups in total. The van der Waals surface area contributed by atoms with Gasteiger partial charge in [0.1, 0.15) is 5.75 Å². The van der Waals surface area contributed by atoms with Gasteiger partial charge >= 0.3 is 6.18 Å². The molecular formula is C23H21F3N2O4S. The third-order valence-electron chi connectivity index (χ3n) is 4.56. The smallest absolute Gasteiger partial charge is 0.416 e. The molecule has 0 fully saturated rings. The fourth-order valence-corrected chi connectivity index (χ4v) is 3.83. The van der Waals surface area contributed by atoms with Crippen LogP contribution in [0.4, 0.5) is 24.5 Å². The monoisotopic (exact) mass is 478 g/mol. The Balaban J connectivity index is 1.59. The molecule has 3 rings (SSSR count). The number of halogens is 3. The van der Waals surface area contributed by atoms with Gasteiger partial charge in [-0.15, -0.1) is 0 Å². The lowest BCUT2D eigenvalue weighted by Crippen LogP contribution is -2.29. The zero-order valence-electron chi connectivity index (χ0n) is 17.5. The summed E-state index contributed by atoms with van der Waals surface area (Å²) < 4.78 is 69.0. The highest BCUT2D eigenvalue weighted by Crippen LogP contribution is 2.30. The molecule has 174 valence electrons. The number of anilines is 2. The molecule has 0 radical (unpaired) electrons. The van der Waals surface area contributed by atoms with Gasteiger partial charge in [0, 0.05) is 5.69 Å². The summed E-state index contributed by atoms with van der Waals surface area (Å²) in [5.74, 6) is -0.227. The van der Waals surface area contributed by atoms with E-state index in [0.717, 1.165) is 36.1 Å². The van der Waals surface area contributed by atoms with Crippen LogP contribution in [0, 0.1) is 0 Å². The molecule has 0 aliphatic rings. The maximum atomic E-state index is 12.6. The molecule has 1 amide bonds. The van der Waals surface area contributed by atoms with E-state index in [9.17, 15) is 26.4 Å². The van der Waals surface area contributed by atoms with Gasteiger partial charge in [0.25, 0.3) is 5.91 Å². The van der Waals surface area contributed by atoms with Crippen LogP contribution in [-0.4, -0.2) is 27.2 Å². The average molecular weight is 478 g/mol. The van der Waals surface area contributed by atoms with E-state index in [1.165, 1.54) is 16.4 Å². The summed E-state index contributed by atoms with van der Waals surface area (Å²) in [6.45, 7) is -0.213. The van der Waals surface area contributed by atoms with Gasteiger partial charge in [-0.05, 0) is 54.1 Å². The molecule has 0 unspecified atom stereocenters. The molecule has 6 nitrogen and oxygen atoms in total. The van der Waals surface area contributed by atoms with Crippen LogP contribution in [0.2, 0.25) is 0 Å². The van der Waals surface area contributed by atoms with Crippen molar-refractivity contribution in [2.45, 2.75) is 12.7 Å². The van der Waals surface area contributed by atoms with Crippen LogP contribution in [0.25, 0.3) is 0 Å². The zero-order chi connectivity index (χ0) is 24.1.